The van der Waals surface area contributed by atoms with Gasteiger partial charge in [-0.05, 0) is 43.7 Å². The van der Waals surface area contributed by atoms with Crippen LogP contribution in [-0.2, 0) is 11.3 Å². The smallest absolute Gasteiger partial charge is 0.125 e. The highest BCUT2D eigenvalue weighted by molar-refractivity contribution is 5.22. The molecule has 128 valence electrons. The van der Waals surface area contributed by atoms with E-state index in [1.165, 1.54) is 12.1 Å². The molecule has 24 heavy (non-hydrogen) atoms. The van der Waals surface area contributed by atoms with Crippen molar-refractivity contribution in [1.29, 1.82) is 0 Å². The number of methoxy groups -OCH3 is 1. The van der Waals surface area contributed by atoms with Gasteiger partial charge in [0.1, 0.15) is 29.6 Å². The lowest BCUT2D eigenvalue weighted by Crippen LogP contribution is -2.41. The van der Waals surface area contributed by atoms with E-state index < -0.39 is 0 Å². The molecule has 1 atom stereocenters. The van der Waals surface area contributed by atoms with Crippen LogP contribution in [0.25, 0.3) is 0 Å². The third-order valence-electron chi connectivity index (χ3n) is 4.36. The Morgan fingerprint density at radius 3 is 2.75 bits per heavy atom. The van der Waals surface area contributed by atoms with Gasteiger partial charge in [-0.3, -0.25) is 4.90 Å². The van der Waals surface area contributed by atoms with Crippen LogP contribution >= 0.6 is 0 Å². The molecule has 1 fully saturated rings. The molecule has 0 saturated carbocycles. The molecule has 5 nitrogen and oxygen atoms in total. The number of benzene rings is 1. The number of aromatic nitrogens is 2. The van der Waals surface area contributed by atoms with Gasteiger partial charge in [0.05, 0.1) is 5.69 Å². The molecular formula is C18H22FN3O2. The van der Waals surface area contributed by atoms with E-state index in [9.17, 15) is 4.39 Å². The van der Waals surface area contributed by atoms with Gasteiger partial charge in [0.2, 0.25) is 0 Å². The summed E-state index contributed by atoms with van der Waals surface area (Å²) in [6, 6.07) is 8.00. The Balaban J connectivity index is 1.59. The Labute approximate surface area is 141 Å². The molecule has 1 aliphatic rings. The maximum Gasteiger partial charge on any atom is 0.125 e. The van der Waals surface area contributed by atoms with Crippen molar-refractivity contribution in [1.82, 2.24) is 14.9 Å². The Kier molecular flexibility index (Phi) is 5.06. The van der Waals surface area contributed by atoms with Gasteiger partial charge in [-0.25, -0.2) is 14.4 Å². The van der Waals surface area contributed by atoms with E-state index in [1.807, 2.05) is 13.0 Å². The molecule has 0 bridgehead atoms. The maximum atomic E-state index is 13.0. The van der Waals surface area contributed by atoms with Crippen molar-refractivity contribution < 1.29 is 13.9 Å². The molecule has 1 aromatic carbocycles. The van der Waals surface area contributed by atoms with E-state index in [0.29, 0.717) is 12.4 Å². The average Bonchev–Trinajstić information content (AvgIpc) is 2.98. The molecule has 0 N–H and O–H groups in total. The normalized spacial score (nSPS) is 21.1. The first kappa shape index (κ1) is 16.8. The first-order chi connectivity index (χ1) is 11.6. The van der Waals surface area contributed by atoms with Crippen LogP contribution in [-0.4, -0.2) is 47.3 Å². The lowest BCUT2D eigenvalue weighted by Gasteiger charge is -2.28. The molecule has 2 aromatic rings. The van der Waals surface area contributed by atoms with E-state index in [-0.39, 0.29) is 11.4 Å². The molecule has 0 aliphatic carbocycles. The summed E-state index contributed by atoms with van der Waals surface area (Å²) in [6.45, 7) is 4.79. The minimum Gasteiger partial charge on any atom is -0.491 e. The average molecular weight is 331 g/mol. The van der Waals surface area contributed by atoms with Crippen LogP contribution in [0.3, 0.4) is 0 Å². The summed E-state index contributed by atoms with van der Waals surface area (Å²) in [5.74, 6) is 1.16. The lowest BCUT2D eigenvalue weighted by molar-refractivity contribution is -0.0360. The highest BCUT2D eigenvalue weighted by atomic mass is 19.1. The summed E-state index contributed by atoms with van der Waals surface area (Å²) in [6.07, 6.45) is 2.67. The van der Waals surface area contributed by atoms with Crippen molar-refractivity contribution in [3.8, 4) is 5.75 Å². The van der Waals surface area contributed by atoms with Crippen LogP contribution in [0.4, 0.5) is 4.39 Å². The third-order valence-corrected chi connectivity index (χ3v) is 4.36. The minimum atomic E-state index is -0.351. The zero-order chi connectivity index (χ0) is 17.0. The molecule has 1 aromatic heterocycles. The number of hydrogen-bond acceptors (Lipinski definition) is 5. The standard InChI is InChI=1S/C18H22FN3O2/c1-14-20-9-7-16(21-14)11-22-10-8-18(12-22,23-2)13-24-17-5-3-15(19)4-6-17/h3-7,9H,8,10-13H2,1-2H3/t18-/m0/s1. The van der Waals surface area contributed by atoms with Crippen molar-refractivity contribution in [3.63, 3.8) is 0 Å². The minimum absolute atomic E-state index is 0.268. The zero-order valence-electron chi connectivity index (χ0n) is 14.0. The first-order valence-electron chi connectivity index (χ1n) is 8.03. The van der Waals surface area contributed by atoms with Gasteiger partial charge in [0.25, 0.3) is 0 Å². The molecule has 2 heterocycles. The van der Waals surface area contributed by atoms with E-state index in [4.69, 9.17) is 9.47 Å². The summed E-state index contributed by atoms with van der Waals surface area (Å²) >= 11 is 0. The summed E-state index contributed by atoms with van der Waals surface area (Å²) in [5.41, 5.74) is 0.657. The predicted octanol–water partition coefficient (Wildman–Crippen LogP) is 2.59. The summed E-state index contributed by atoms with van der Waals surface area (Å²) in [4.78, 5) is 10.9. The van der Waals surface area contributed by atoms with Gasteiger partial charge in [0, 0.05) is 32.9 Å². The number of nitrogens with zero attached hydrogens (tertiary/aromatic N) is 3. The SMILES string of the molecule is CO[C@@]1(COc2ccc(F)cc2)CCN(Cc2ccnc(C)n2)C1. The Hall–Kier alpha value is -2.05. The van der Waals surface area contributed by atoms with Crippen LogP contribution in [0, 0.1) is 12.7 Å². The predicted molar refractivity (Wildman–Crippen MR) is 88.3 cm³/mol. The van der Waals surface area contributed by atoms with Gasteiger partial charge in [-0.2, -0.15) is 0 Å². The molecule has 3 rings (SSSR count). The van der Waals surface area contributed by atoms with Crippen LogP contribution in [0.5, 0.6) is 5.75 Å². The van der Waals surface area contributed by atoms with Crippen molar-refractivity contribution >= 4 is 0 Å². The Morgan fingerprint density at radius 2 is 2.04 bits per heavy atom. The highest BCUT2D eigenvalue weighted by Crippen LogP contribution is 2.27. The van der Waals surface area contributed by atoms with E-state index >= 15 is 0 Å². The summed E-state index contributed by atoms with van der Waals surface area (Å²) in [7, 11) is 1.71. The molecule has 0 unspecified atom stereocenters. The maximum absolute atomic E-state index is 13.0. The monoisotopic (exact) mass is 331 g/mol. The number of hydrogen-bond donors (Lipinski definition) is 0. The second-order valence-electron chi connectivity index (χ2n) is 6.19. The fraction of sp³-hybridized carbons (Fsp3) is 0.444. The molecule has 1 aliphatic heterocycles. The summed E-state index contributed by atoms with van der Waals surface area (Å²) < 4.78 is 24.5. The largest absolute Gasteiger partial charge is 0.491 e. The molecule has 0 spiro atoms. The van der Waals surface area contributed by atoms with Crippen LogP contribution in [0.2, 0.25) is 0 Å². The molecular weight excluding hydrogens is 309 g/mol. The highest BCUT2D eigenvalue weighted by Gasteiger charge is 2.39. The number of rotatable bonds is 6. The molecule has 0 amide bonds. The van der Waals surface area contributed by atoms with Crippen LogP contribution < -0.4 is 4.74 Å². The lowest BCUT2D eigenvalue weighted by atomic mass is 10.0. The molecule has 0 radical (unpaired) electrons. The van der Waals surface area contributed by atoms with Gasteiger partial charge < -0.3 is 9.47 Å². The van der Waals surface area contributed by atoms with Gasteiger partial charge in [0.15, 0.2) is 0 Å². The van der Waals surface area contributed by atoms with Crippen molar-refractivity contribution in [2.75, 3.05) is 26.8 Å². The second kappa shape index (κ2) is 7.23. The van der Waals surface area contributed by atoms with E-state index in [2.05, 4.69) is 14.9 Å². The van der Waals surface area contributed by atoms with Gasteiger partial charge >= 0.3 is 0 Å². The van der Waals surface area contributed by atoms with Gasteiger partial charge in [-0.1, -0.05) is 0 Å². The second-order valence-corrected chi connectivity index (χ2v) is 6.19. The number of likely N-dealkylation sites (tertiary alicyclic amines) is 1. The fourth-order valence-electron chi connectivity index (χ4n) is 2.97. The van der Waals surface area contributed by atoms with Crippen LogP contribution in [0.15, 0.2) is 36.5 Å². The first-order valence-corrected chi connectivity index (χ1v) is 8.03. The zero-order valence-corrected chi connectivity index (χ0v) is 14.0. The third kappa shape index (κ3) is 4.07. The van der Waals surface area contributed by atoms with Crippen molar-refractivity contribution in [2.45, 2.75) is 25.5 Å². The molecule has 1 saturated heterocycles. The number of halogens is 1. The number of ether oxygens (including phenoxy) is 2. The van der Waals surface area contributed by atoms with E-state index in [0.717, 1.165) is 37.6 Å². The summed E-state index contributed by atoms with van der Waals surface area (Å²) in [5, 5.41) is 0. The number of aryl methyl sites for hydroxylation is 1. The Bertz CT molecular complexity index is 680. The van der Waals surface area contributed by atoms with Gasteiger partial charge in [-0.15, -0.1) is 0 Å². The van der Waals surface area contributed by atoms with Crippen molar-refractivity contribution in [3.05, 3.63) is 53.9 Å². The van der Waals surface area contributed by atoms with Crippen LogP contribution in [0.1, 0.15) is 17.9 Å². The fourth-order valence-corrected chi connectivity index (χ4v) is 2.97. The quantitative estimate of drug-likeness (QED) is 0.814. The topological polar surface area (TPSA) is 47.5 Å². The van der Waals surface area contributed by atoms with Crippen molar-refractivity contribution in [2.24, 2.45) is 0 Å². The molecule has 6 heteroatoms. The van der Waals surface area contributed by atoms with E-state index in [1.54, 1.807) is 25.4 Å². The Morgan fingerprint density at radius 1 is 1.25 bits per heavy atom.